The Balaban J connectivity index is 0.00000225. The van der Waals surface area contributed by atoms with Crippen LogP contribution in [0.5, 0.6) is 0 Å². The third-order valence-electron chi connectivity index (χ3n) is 2.30. The minimum atomic E-state index is -0.317. The second-order valence-electron chi connectivity index (χ2n) is 3.39. The van der Waals surface area contributed by atoms with Crippen LogP contribution in [0.2, 0.25) is 0 Å². The summed E-state index contributed by atoms with van der Waals surface area (Å²) in [5.74, 6) is -0.289. The Labute approximate surface area is 102 Å². The van der Waals surface area contributed by atoms with Crippen LogP contribution in [-0.4, -0.2) is 18.4 Å². The van der Waals surface area contributed by atoms with E-state index in [0.717, 1.165) is 13.0 Å². The van der Waals surface area contributed by atoms with E-state index < -0.39 is 0 Å². The van der Waals surface area contributed by atoms with Crippen molar-refractivity contribution in [2.45, 2.75) is 26.3 Å². The molecule has 0 radical (unpaired) electrons. The van der Waals surface area contributed by atoms with E-state index in [1.54, 1.807) is 0 Å². The third kappa shape index (κ3) is 3.91. The summed E-state index contributed by atoms with van der Waals surface area (Å²) in [6.07, 6.45) is 0.740. The van der Waals surface area contributed by atoms with Crippen molar-refractivity contribution in [3.8, 4) is 0 Å². The van der Waals surface area contributed by atoms with Crippen molar-refractivity contribution in [1.29, 1.82) is 0 Å². The number of likely N-dealkylation sites (N-methyl/N-ethyl adjacent to an activating group) is 1. The summed E-state index contributed by atoms with van der Waals surface area (Å²) in [6, 6.07) is 5.51. The summed E-state index contributed by atoms with van der Waals surface area (Å²) in [5, 5.41) is 3.10. The SMILES string of the molecule is CCNC(CC)C(=O)c1ccc(F)cc1.Cl. The summed E-state index contributed by atoms with van der Waals surface area (Å²) in [4.78, 5) is 11.9. The van der Waals surface area contributed by atoms with Crippen molar-refractivity contribution in [3.05, 3.63) is 35.6 Å². The molecule has 1 aromatic carbocycles. The Bertz CT molecular complexity index is 326. The quantitative estimate of drug-likeness (QED) is 0.809. The van der Waals surface area contributed by atoms with Crippen LogP contribution in [-0.2, 0) is 0 Å². The molecule has 0 aliphatic carbocycles. The lowest BCUT2D eigenvalue weighted by molar-refractivity contribution is 0.0941. The first-order chi connectivity index (χ1) is 7.19. The number of hydrogen-bond acceptors (Lipinski definition) is 2. The number of hydrogen-bond donors (Lipinski definition) is 1. The molecule has 0 bridgehead atoms. The molecular weight excluding hydrogens is 229 g/mol. The molecule has 0 saturated heterocycles. The minimum Gasteiger partial charge on any atom is -0.307 e. The molecule has 1 rings (SSSR count). The molecule has 0 aliphatic heterocycles. The highest BCUT2D eigenvalue weighted by atomic mass is 35.5. The Kier molecular flexibility index (Phi) is 6.93. The van der Waals surface area contributed by atoms with Crippen molar-refractivity contribution in [1.82, 2.24) is 5.32 Å². The maximum Gasteiger partial charge on any atom is 0.179 e. The largest absolute Gasteiger partial charge is 0.307 e. The summed E-state index contributed by atoms with van der Waals surface area (Å²) in [7, 11) is 0. The average molecular weight is 246 g/mol. The molecule has 16 heavy (non-hydrogen) atoms. The van der Waals surface area contributed by atoms with Crippen molar-refractivity contribution >= 4 is 18.2 Å². The monoisotopic (exact) mass is 245 g/mol. The van der Waals surface area contributed by atoms with Gasteiger partial charge in [0.2, 0.25) is 0 Å². The van der Waals surface area contributed by atoms with Gasteiger partial charge in [0.25, 0.3) is 0 Å². The molecule has 0 spiro atoms. The molecule has 1 N–H and O–H groups in total. The van der Waals surface area contributed by atoms with E-state index in [0.29, 0.717) is 5.56 Å². The van der Waals surface area contributed by atoms with Crippen LogP contribution in [0.4, 0.5) is 4.39 Å². The summed E-state index contributed by atoms with van der Waals surface area (Å²) < 4.78 is 12.7. The van der Waals surface area contributed by atoms with Gasteiger partial charge >= 0.3 is 0 Å². The second-order valence-corrected chi connectivity index (χ2v) is 3.39. The van der Waals surface area contributed by atoms with Gasteiger partial charge in [0, 0.05) is 5.56 Å². The van der Waals surface area contributed by atoms with Crippen LogP contribution in [0.25, 0.3) is 0 Å². The molecule has 90 valence electrons. The lowest BCUT2D eigenvalue weighted by Crippen LogP contribution is -2.36. The first-order valence-electron chi connectivity index (χ1n) is 5.22. The normalized spacial score (nSPS) is 11.7. The number of halogens is 2. The van der Waals surface area contributed by atoms with Gasteiger partial charge in [-0.15, -0.1) is 12.4 Å². The molecule has 1 unspecified atom stereocenters. The minimum absolute atomic E-state index is 0. The standard InChI is InChI=1S/C12H16FNO.ClH/c1-3-11(14-4-2)12(15)9-5-7-10(13)8-6-9;/h5-8,11,14H,3-4H2,1-2H3;1H. The predicted octanol–water partition coefficient (Wildman–Crippen LogP) is 2.82. The van der Waals surface area contributed by atoms with Crippen molar-refractivity contribution < 1.29 is 9.18 Å². The Morgan fingerprint density at radius 3 is 2.31 bits per heavy atom. The number of ketones is 1. The molecular formula is C12H17ClFNO. The molecule has 1 aromatic rings. The van der Waals surface area contributed by atoms with Gasteiger partial charge in [0.15, 0.2) is 5.78 Å². The van der Waals surface area contributed by atoms with Crippen LogP contribution in [0, 0.1) is 5.82 Å². The van der Waals surface area contributed by atoms with E-state index in [4.69, 9.17) is 0 Å². The molecule has 0 amide bonds. The second kappa shape index (κ2) is 7.36. The van der Waals surface area contributed by atoms with Crippen molar-refractivity contribution in [3.63, 3.8) is 0 Å². The predicted molar refractivity (Wildman–Crippen MR) is 65.7 cm³/mol. The molecule has 0 aromatic heterocycles. The number of Topliss-reactive ketones (excluding diaryl/α,β-unsaturated/α-hetero) is 1. The molecule has 1 atom stereocenters. The Morgan fingerprint density at radius 2 is 1.88 bits per heavy atom. The van der Waals surface area contributed by atoms with Crippen LogP contribution in [0.15, 0.2) is 24.3 Å². The number of rotatable bonds is 5. The highest BCUT2D eigenvalue weighted by Crippen LogP contribution is 2.07. The number of carbonyl (C=O) groups is 1. The zero-order valence-electron chi connectivity index (χ0n) is 9.50. The van der Waals surface area contributed by atoms with Crippen LogP contribution < -0.4 is 5.32 Å². The zero-order valence-corrected chi connectivity index (χ0v) is 10.3. The molecule has 0 fully saturated rings. The van der Waals surface area contributed by atoms with Crippen LogP contribution >= 0.6 is 12.4 Å². The van der Waals surface area contributed by atoms with E-state index in [2.05, 4.69) is 5.32 Å². The van der Waals surface area contributed by atoms with Gasteiger partial charge in [-0.25, -0.2) is 4.39 Å². The highest BCUT2D eigenvalue weighted by molar-refractivity contribution is 6.00. The maximum absolute atomic E-state index is 12.7. The molecule has 0 aliphatic rings. The van der Waals surface area contributed by atoms with Crippen LogP contribution in [0.1, 0.15) is 30.6 Å². The first-order valence-corrected chi connectivity index (χ1v) is 5.22. The number of benzene rings is 1. The third-order valence-corrected chi connectivity index (χ3v) is 2.30. The topological polar surface area (TPSA) is 29.1 Å². The fourth-order valence-corrected chi connectivity index (χ4v) is 1.48. The molecule has 4 heteroatoms. The molecule has 0 saturated carbocycles. The van der Waals surface area contributed by atoms with Gasteiger partial charge in [-0.1, -0.05) is 13.8 Å². The van der Waals surface area contributed by atoms with E-state index in [-0.39, 0.29) is 30.0 Å². The lowest BCUT2D eigenvalue weighted by Gasteiger charge is -2.14. The molecule has 2 nitrogen and oxygen atoms in total. The average Bonchev–Trinajstić information content (AvgIpc) is 2.26. The van der Waals surface area contributed by atoms with Crippen molar-refractivity contribution in [2.75, 3.05) is 6.54 Å². The molecule has 0 heterocycles. The van der Waals surface area contributed by atoms with Gasteiger partial charge in [-0.05, 0) is 37.2 Å². The van der Waals surface area contributed by atoms with Crippen molar-refractivity contribution in [2.24, 2.45) is 0 Å². The first kappa shape index (κ1) is 15.1. The zero-order chi connectivity index (χ0) is 11.3. The van der Waals surface area contributed by atoms with E-state index in [1.165, 1.54) is 24.3 Å². The van der Waals surface area contributed by atoms with Gasteiger partial charge in [-0.2, -0.15) is 0 Å². The van der Waals surface area contributed by atoms with Gasteiger partial charge < -0.3 is 5.32 Å². The Hall–Kier alpha value is -0.930. The fourth-order valence-electron chi connectivity index (χ4n) is 1.48. The van der Waals surface area contributed by atoms with Gasteiger partial charge in [0.1, 0.15) is 5.82 Å². The maximum atomic E-state index is 12.7. The smallest absolute Gasteiger partial charge is 0.179 e. The fraction of sp³-hybridized carbons (Fsp3) is 0.417. The van der Waals surface area contributed by atoms with Crippen LogP contribution in [0.3, 0.4) is 0 Å². The summed E-state index contributed by atoms with van der Waals surface area (Å²) >= 11 is 0. The van der Waals surface area contributed by atoms with E-state index in [1.807, 2.05) is 13.8 Å². The number of carbonyl (C=O) groups excluding carboxylic acids is 1. The Morgan fingerprint density at radius 1 is 1.31 bits per heavy atom. The van der Waals surface area contributed by atoms with E-state index >= 15 is 0 Å². The van der Waals surface area contributed by atoms with E-state index in [9.17, 15) is 9.18 Å². The lowest BCUT2D eigenvalue weighted by atomic mass is 10.0. The number of nitrogens with one attached hydrogen (secondary N) is 1. The summed E-state index contributed by atoms with van der Waals surface area (Å²) in [5.41, 5.74) is 0.559. The highest BCUT2D eigenvalue weighted by Gasteiger charge is 2.16. The van der Waals surface area contributed by atoms with Gasteiger partial charge in [-0.3, -0.25) is 4.79 Å². The van der Waals surface area contributed by atoms with Gasteiger partial charge in [0.05, 0.1) is 6.04 Å². The summed E-state index contributed by atoms with van der Waals surface area (Å²) in [6.45, 7) is 4.67.